The fraction of sp³-hybridized carbons (Fsp3) is 0.533. The molecule has 3 N–H and O–H groups in total. The lowest BCUT2D eigenvalue weighted by Crippen LogP contribution is -2.40. The minimum absolute atomic E-state index is 0.210. The van der Waals surface area contributed by atoms with Crippen molar-refractivity contribution in [2.45, 2.75) is 32.3 Å². The normalized spacial score (nSPS) is 11.3. The Balaban J connectivity index is 2.31. The predicted octanol–water partition coefficient (Wildman–Crippen LogP) is 1.90. The minimum atomic E-state index is -0.968. The summed E-state index contributed by atoms with van der Waals surface area (Å²) in [5.41, 5.74) is -0.453. The minimum Gasteiger partial charge on any atom is -0.492 e. The Hall–Kier alpha value is -1.59. The summed E-state index contributed by atoms with van der Waals surface area (Å²) in [6.07, 6.45) is 1.41. The number of rotatable bonds is 9. The second-order valence-electron chi connectivity index (χ2n) is 4.79. The average Bonchev–Trinajstić information content (AvgIpc) is 2.47. The maximum Gasteiger partial charge on any atom is 0.335 e. The highest BCUT2D eigenvalue weighted by atomic mass is 16.5. The van der Waals surface area contributed by atoms with Crippen LogP contribution in [-0.2, 0) is 0 Å². The quantitative estimate of drug-likeness (QED) is 0.603. The lowest BCUT2D eigenvalue weighted by atomic mass is 9.98. The lowest BCUT2D eigenvalue weighted by molar-refractivity contribution is 0.0320. The molecule has 0 spiro atoms. The van der Waals surface area contributed by atoms with Gasteiger partial charge in [-0.05, 0) is 31.0 Å². The maximum atomic E-state index is 10.8. The van der Waals surface area contributed by atoms with Gasteiger partial charge in [0, 0.05) is 13.1 Å². The van der Waals surface area contributed by atoms with Crippen molar-refractivity contribution in [3.05, 3.63) is 29.8 Å². The van der Waals surface area contributed by atoms with Crippen molar-refractivity contribution in [1.29, 1.82) is 0 Å². The van der Waals surface area contributed by atoms with E-state index in [1.165, 1.54) is 12.1 Å². The Bertz CT molecular complexity index is 430. The Labute approximate surface area is 119 Å². The smallest absolute Gasteiger partial charge is 0.335 e. The molecule has 1 aromatic rings. The summed E-state index contributed by atoms with van der Waals surface area (Å²) >= 11 is 0. The molecule has 112 valence electrons. The van der Waals surface area contributed by atoms with Gasteiger partial charge in [0.2, 0.25) is 0 Å². The van der Waals surface area contributed by atoms with Crippen LogP contribution in [0, 0.1) is 0 Å². The van der Waals surface area contributed by atoms with E-state index in [-0.39, 0.29) is 5.56 Å². The first-order valence-electron chi connectivity index (χ1n) is 6.90. The van der Waals surface area contributed by atoms with Crippen LogP contribution in [0.1, 0.15) is 37.0 Å². The molecule has 5 nitrogen and oxygen atoms in total. The van der Waals surface area contributed by atoms with Crippen molar-refractivity contribution in [3.63, 3.8) is 0 Å². The predicted molar refractivity (Wildman–Crippen MR) is 77.3 cm³/mol. The van der Waals surface area contributed by atoms with Crippen LogP contribution in [0.15, 0.2) is 24.3 Å². The maximum absolute atomic E-state index is 10.8. The first-order chi connectivity index (χ1) is 9.50. The molecule has 20 heavy (non-hydrogen) atoms. The molecular weight excluding hydrogens is 258 g/mol. The molecule has 0 atom stereocenters. The van der Waals surface area contributed by atoms with E-state index in [0.29, 0.717) is 38.3 Å². The molecule has 0 aliphatic heterocycles. The summed E-state index contributed by atoms with van der Waals surface area (Å²) in [7, 11) is 0. The largest absolute Gasteiger partial charge is 0.492 e. The first kappa shape index (κ1) is 16.5. The monoisotopic (exact) mass is 281 g/mol. The van der Waals surface area contributed by atoms with Crippen LogP contribution in [0.3, 0.4) is 0 Å². The fourth-order valence-electron chi connectivity index (χ4n) is 1.78. The molecule has 5 heteroatoms. The van der Waals surface area contributed by atoms with Crippen LogP contribution in [-0.4, -0.2) is 41.5 Å². The molecule has 0 fully saturated rings. The van der Waals surface area contributed by atoms with Crippen molar-refractivity contribution in [2.75, 3.05) is 19.7 Å². The van der Waals surface area contributed by atoms with Gasteiger partial charge in [-0.15, -0.1) is 0 Å². The van der Waals surface area contributed by atoms with Gasteiger partial charge in [0.15, 0.2) is 0 Å². The van der Waals surface area contributed by atoms with Crippen LogP contribution in [0.5, 0.6) is 5.75 Å². The van der Waals surface area contributed by atoms with Crippen molar-refractivity contribution in [2.24, 2.45) is 0 Å². The van der Waals surface area contributed by atoms with Crippen LogP contribution in [0.4, 0.5) is 0 Å². The van der Waals surface area contributed by atoms with Gasteiger partial charge in [-0.2, -0.15) is 0 Å². The first-order valence-corrected chi connectivity index (χ1v) is 6.90. The number of benzene rings is 1. The Kier molecular flexibility index (Phi) is 6.48. The van der Waals surface area contributed by atoms with Gasteiger partial charge in [-0.1, -0.05) is 19.9 Å². The van der Waals surface area contributed by atoms with E-state index in [2.05, 4.69) is 5.32 Å². The summed E-state index contributed by atoms with van der Waals surface area (Å²) in [4.78, 5) is 10.8. The molecule has 1 rings (SSSR count). The standard InChI is InChI=1S/C15H23NO4/c1-3-15(19,4-2)11-16-8-9-20-13-7-5-6-12(10-13)14(17)18/h5-7,10,16,19H,3-4,8-9,11H2,1-2H3,(H,17,18). The number of ether oxygens (including phenoxy) is 1. The second kappa shape index (κ2) is 7.87. The third-order valence-electron chi connectivity index (χ3n) is 3.40. The molecule has 0 aliphatic carbocycles. The number of nitrogens with one attached hydrogen (secondary N) is 1. The van der Waals surface area contributed by atoms with Gasteiger partial charge in [0.25, 0.3) is 0 Å². The molecule has 1 aromatic carbocycles. The molecule has 0 saturated carbocycles. The molecular formula is C15H23NO4. The molecule has 0 saturated heterocycles. The number of aromatic carboxylic acids is 1. The van der Waals surface area contributed by atoms with E-state index < -0.39 is 11.6 Å². The van der Waals surface area contributed by atoms with E-state index in [0.717, 1.165) is 0 Å². The summed E-state index contributed by atoms with van der Waals surface area (Å²) in [6.45, 7) is 5.46. The Morgan fingerprint density at radius 1 is 1.35 bits per heavy atom. The van der Waals surface area contributed by atoms with Gasteiger partial charge in [-0.25, -0.2) is 4.79 Å². The number of carboxylic acids is 1. The molecule has 0 aromatic heterocycles. The topological polar surface area (TPSA) is 78.8 Å². The molecule has 0 unspecified atom stereocenters. The molecule has 0 amide bonds. The van der Waals surface area contributed by atoms with Crippen molar-refractivity contribution in [3.8, 4) is 5.75 Å². The van der Waals surface area contributed by atoms with E-state index >= 15 is 0 Å². The third-order valence-corrected chi connectivity index (χ3v) is 3.40. The number of hydrogen-bond acceptors (Lipinski definition) is 4. The van der Waals surface area contributed by atoms with Gasteiger partial charge >= 0.3 is 5.97 Å². The summed E-state index contributed by atoms with van der Waals surface area (Å²) in [5.74, 6) is -0.433. The lowest BCUT2D eigenvalue weighted by Gasteiger charge is -2.25. The zero-order valence-electron chi connectivity index (χ0n) is 12.1. The second-order valence-corrected chi connectivity index (χ2v) is 4.79. The van der Waals surface area contributed by atoms with Crippen LogP contribution in [0.25, 0.3) is 0 Å². The number of carbonyl (C=O) groups is 1. The van der Waals surface area contributed by atoms with Gasteiger partial charge in [-0.3, -0.25) is 0 Å². The molecule has 0 aliphatic rings. The van der Waals surface area contributed by atoms with Gasteiger partial charge in [0.05, 0.1) is 11.2 Å². The summed E-state index contributed by atoms with van der Waals surface area (Å²) in [6, 6.07) is 6.40. The fourth-order valence-corrected chi connectivity index (χ4v) is 1.78. The summed E-state index contributed by atoms with van der Waals surface area (Å²) < 4.78 is 5.47. The Morgan fingerprint density at radius 3 is 2.65 bits per heavy atom. The van der Waals surface area contributed by atoms with Crippen molar-refractivity contribution in [1.82, 2.24) is 5.32 Å². The number of hydrogen-bond donors (Lipinski definition) is 3. The van der Waals surface area contributed by atoms with Crippen molar-refractivity contribution < 1.29 is 19.7 Å². The number of aliphatic hydroxyl groups is 1. The van der Waals surface area contributed by atoms with E-state index in [1.54, 1.807) is 12.1 Å². The van der Waals surface area contributed by atoms with Crippen LogP contribution < -0.4 is 10.1 Å². The Morgan fingerprint density at radius 2 is 2.05 bits per heavy atom. The third kappa shape index (κ3) is 5.19. The van der Waals surface area contributed by atoms with Crippen LogP contribution >= 0.6 is 0 Å². The molecule has 0 bridgehead atoms. The highest BCUT2D eigenvalue weighted by Gasteiger charge is 2.20. The zero-order valence-corrected chi connectivity index (χ0v) is 12.1. The van der Waals surface area contributed by atoms with Gasteiger partial charge < -0.3 is 20.3 Å². The van der Waals surface area contributed by atoms with E-state index in [9.17, 15) is 9.90 Å². The van der Waals surface area contributed by atoms with Crippen molar-refractivity contribution >= 4 is 5.97 Å². The number of carboxylic acid groups (broad SMARTS) is 1. The summed E-state index contributed by atoms with van der Waals surface area (Å²) in [5, 5.41) is 22.1. The highest BCUT2D eigenvalue weighted by molar-refractivity contribution is 5.87. The highest BCUT2D eigenvalue weighted by Crippen LogP contribution is 2.14. The van der Waals surface area contributed by atoms with Gasteiger partial charge in [0.1, 0.15) is 12.4 Å². The SMILES string of the molecule is CCC(O)(CC)CNCCOc1cccc(C(=O)O)c1. The average molecular weight is 281 g/mol. The molecule has 0 heterocycles. The molecule has 0 radical (unpaired) electrons. The van der Waals surface area contributed by atoms with E-state index in [1.807, 2.05) is 13.8 Å². The van der Waals surface area contributed by atoms with Crippen LogP contribution in [0.2, 0.25) is 0 Å². The zero-order chi connectivity index (χ0) is 15.0. The van der Waals surface area contributed by atoms with E-state index in [4.69, 9.17) is 9.84 Å².